The molecule has 0 unspecified atom stereocenters. The molecule has 6 nitrogen and oxygen atoms in total. The summed E-state index contributed by atoms with van der Waals surface area (Å²) in [5.74, 6) is 0. The highest BCUT2D eigenvalue weighted by atomic mass is 35.5. The van der Waals surface area contributed by atoms with Crippen molar-refractivity contribution in [2.24, 2.45) is 0 Å². The zero-order valence-corrected chi connectivity index (χ0v) is 12.9. The zero-order valence-electron chi connectivity index (χ0n) is 12.1. The molecule has 23 heavy (non-hydrogen) atoms. The third-order valence-electron chi connectivity index (χ3n) is 2.55. The Morgan fingerprint density at radius 2 is 2.22 bits per heavy atom. The molecule has 0 aliphatic rings. The van der Waals surface area contributed by atoms with Gasteiger partial charge in [-0.15, -0.1) is 0 Å². The Bertz CT molecular complexity index is 577. The highest BCUT2D eigenvalue weighted by Gasteiger charge is 2.29. The minimum Gasteiger partial charge on any atom is -0.358 e. The summed E-state index contributed by atoms with van der Waals surface area (Å²) >= 11 is 5.63. The molecule has 3 N–H and O–H groups in total. The molecule has 126 valence electrons. The number of pyridine rings is 1. The summed E-state index contributed by atoms with van der Waals surface area (Å²) in [4.78, 5) is 16.6. The summed E-state index contributed by atoms with van der Waals surface area (Å²) in [6, 6.07) is 2.34. The van der Waals surface area contributed by atoms with Crippen LogP contribution >= 0.6 is 11.6 Å². The second-order valence-electron chi connectivity index (χ2n) is 4.25. The van der Waals surface area contributed by atoms with Crippen LogP contribution < -0.4 is 10.6 Å². The van der Waals surface area contributed by atoms with Crippen molar-refractivity contribution >= 4 is 28.5 Å². The number of anilines is 1. The van der Waals surface area contributed by atoms with Crippen LogP contribution in [-0.4, -0.2) is 40.4 Å². The first-order valence-electron chi connectivity index (χ1n) is 6.48. The van der Waals surface area contributed by atoms with Crippen LogP contribution in [0.25, 0.3) is 0 Å². The van der Waals surface area contributed by atoms with E-state index in [4.69, 9.17) is 17.0 Å². The SMILES string of the molecule is CCN(C(=O)NCC(F)(F)F)/C(=C/Nc1cccnc1)C(=N)Cl. The molecular weight excluding hydrogens is 335 g/mol. The maximum atomic E-state index is 12.2. The van der Waals surface area contributed by atoms with Gasteiger partial charge in [-0.3, -0.25) is 15.3 Å². The number of amides is 2. The fourth-order valence-corrected chi connectivity index (χ4v) is 1.71. The standard InChI is InChI=1S/C13H15ClF3N5O/c1-2-22(12(23)21-8-13(15,16)17)10(11(14)18)7-20-9-4-3-5-19-6-9/h3-7,18,20H,2,8H2,1H3,(H,21,23)/b10-7+,18-11?. The fraction of sp³-hybridized carbons (Fsp3) is 0.308. The number of nitrogens with zero attached hydrogens (tertiary/aromatic N) is 2. The van der Waals surface area contributed by atoms with Gasteiger partial charge in [0.25, 0.3) is 0 Å². The van der Waals surface area contributed by atoms with E-state index in [-0.39, 0.29) is 12.2 Å². The molecule has 0 bridgehead atoms. The first kappa shape index (κ1) is 18.8. The van der Waals surface area contributed by atoms with Gasteiger partial charge in [-0.25, -0.2) is 4.79 Å². The molecule has 0 aromatic carbocycles. The third kappa shape index (κ3) is 6.55. The molecule has 0 aliphatic carbocycles. The van der Waals surface area contributed by atoms with Gasteiger partial charge in [0.15, 0.2) is 0 Å². The van der Waals surface area contributed by atoms with Crippen LogP contribution in [0.2, 0.25) is 0 Å². The van der Waals surface area contributed by atoms with E-state index in [1.165, 1.54) is 12.4 Å². The molecule has 10 heteroatoms. The third-order valence-corrected chi connectivity index (χ3v) is 2.75. The lowest BCUT2D eigenvalue weighted by Crippen LogP contribution is -2.44. The summed E-state index contributed by atoms with van der Waals surface area (Å²) in [5.41, 5.74) is 0.493. The lowest BCUT2D eigenvalue weighted by molar-refractivity contribution is -0.123. The number of nitrogens with one attached hydrogen (secondary N) is 3. The molecule has 1 aromatic heterocycles. The van der Waals surface area contributed by atoms with Crippen LogP contribution in [-0.2, 0) is 0 Å². The molecule has 2 amide bonds. The van der Waals surface area contributed by atoms with Gasteiger partial charge >= 0.3 is 12.2 Å². The van der Waals surface area contributed by atoms with E-state index < -0.39 is 23.9 Å². The predicted molar refractivity (Wildman–Crippen MR) is 81.4 cm³/mol. The van der Waals surface area contributed by atoms with E-state index in [0.717, 1.165) is 4.90 Å². The Morgan fingerprint density at radius 3 is 2.70 bits per heavy atom. The summed E-state index contributed by atoms with van der Waals surface area (Å²) < 4.78 is 36.5. The minimum atomic E-state index is -4.53. The molecule has 1 heterocycles. The minimum absolute atomic E-state index is 0.0271. The molecule has 0 spiro atoms. The molecule has 0 aliphatic heterocycles. The molecule has 1 aromatic rings. The predicted octanol–water partition coefficient (Wildman–Crippen LogP) is 3.14. The van der Waals surface area contributed by atoms with Gasteiger partial charge in [0.1, 0.15) is 11.7 Å². The molecule has 0 fully saturated rings. The van der Waals surface area contributed by atoms with Gasteiger partial charge < -0.3 is 10.6 Å². The summed E-state index contributed by atoms with van der Waals surface area (Å²) in [6.45, 7) is 0.103. The number of hydrogen-bond acceptors (Lipinski definition) is 4. The maximum Gasteiger partial charge on any atom is 0.405 e. The van der Waals surface area contributed by atoms with Crippen molar-refractivity contribution < 1.29 is 18.0 Å². The maximum absolute atomic E-state index is 12.2. The van der Waals surface area contributed by atoms with E-state index in [2.05, 4.69) is 10.3 Å². The van der Waals surface area contributed by atoms with Crippen molar-refractivity contribution in [2.75, 3.05) is 18.4 Å². The van der Waals surface area contributed by atoms with Crippen LogP contribution in [0.3, 0.4) is 0 Å². The van der Waals surface area contributed by atoms with E-state index in [1.807, 2.05) is 0 Å². The zero-order chi connectivity index (χ0) is 17.5. The van der Waals surface area contributed by atoms with Crippen LogP contribution in [0.15, 0.2) is 36.4 Å². The Labute approximate surface area is 135 Å². The smallest absolute Gasteiger partial charge is 0.358 e. The monoisotopic (exact) mass is 349 g/mol. The Kier molecular flexibility index (Phi) is 6.83. The van der Waals surface area contributed by atoms with Gasteiger partial charge in [-0.1, -0.05) is 11.6 Å². The molecule has 0 radical (unpaired) electrons. The molecule has 0 saturated heterocycles. The average molecular weight is 350 g/mol. The molecule has 0 saturated carbocycles. The van der Waals surface area contributed by atoms with Crippen LogP contribution in [0, 0.1) is 5.41 Å². The lowest BCUT2D eigenvalue weighted by atomic mass is 10.4. The highest BCUT2D eigenvalue weighted by molar-refractivity contribution is 6.68. The van der Waals surface area contributed by atoms with Gasteiger partial charge in [0.2, 0.25) is 0 Å². The van der Waals surface area contributed by atoms with Crippen molar-refractivity contribution in [3.63, 3.8) is 0 Å². The number of urea groups is 1. The van der Waals surface area contributed by atoms with Gasteiger partial charge in [0, 0.05) is 18.9 Å². The number of carbonyl (C=O) groups excluding carboxylic acids is 1. The number of rotatable bonds is 6. The van der Waals surface area contributed by atoms with Gasteiger partial charge in [0.05, 0.1) is 17.6 Å². The van der Waals surface area contributed by atoms with Gasteiger partial charge in [-0.05, 0) is 19.1 Å². The molecule has 0 atom stereocenters. The topological polar surface area (TPSA) is 81.1 Å². The largest absolute Gasteiger partial charge is 0.405 e. The summed E-state index contributed by atoms with van der Waals surface area (Å²) in [5, 5.41) is 11.5. The molecular formula is C13H15ClF3N5O. The number of allylic oxidation sites excluding steroid dienone is 1. The van der Waals surface area contributed by atoms with Crippen LogP contribution in [0.4, 0.5) is 23.7 Å². The fourth-order valence-electron chi connectivity index (χ4n) is 1.55. The van der Waals surface area contributed by atoms with Crippen molar-refractivity contribution in [1.82, 2.24) is 15.2 Å². The van der Waals surface area contributed by atoms with Crippen LogP contribution in [0.1, 0.15) is 6.92 Å². The second kappa shape index (κ2) is 8.37. The molecule has 1 rings (SSSR count). The average Bonchev–Trinajstić information content (AvgIpc) is 2.49. The van der Waals surface area contributed by atoms with E-state index >= 15 is 0 Å². The van der Waals surface area contributed by atoms with Crippen molar-refractivity contribution in [3.05, 3.63) is 36.4 Å². The Hall–Kier alpha value is -2.29. The number of aromatic nitrogens is 1. The number of carbonyl (C=O) groups is 1. The lowest BCUT2D eigenvalue weighted by Gasteiger charge is -2.23. The van der Waals surface area contributed by atoms with E-state index in [9.17, 15) is 18.0 Å². The number of alkyl halides is 3. The second-order valence-corrected chi connectivity index (χ2v) is 4.63. The van der Waals surface area contributed by atoms with Crippen molar-refractivity contribution in [1.29, 1.82) is 5.41 Å². The Balaban J connectivity index is 2.87. The van der Waals surface area contributed by atoms with Crippen molar-refractivity contribution in [2.45, 2.75) is 13.1 Å². The van der Waals surface area contributed by atoms with Crippen molar-refractivity contribution in [3.8, 4) is 0 Å². The first-order chi connectivity index (χ1) is 10.7. The summed E-state index contributed by atoms with van der Waals surface area (Å²) in [6.07, 6.45) is -0.224. The number of hydrogen-bond donors (Lipinski definition) is 3. The van der Waals surface area contributed by atoms with Gasteiger partial charge in [-0.2, -0.15) is 13.2 Å². The number of halogens is 4. The van der Waals surface area contributed by atoms with E-state index in [1.54, 1.807) is 30.6 Å². The highest BCUT2D eigenvalue weighted by Crippen LogP contribution is 2.14. The quantitative estimate of drug-likeness (QED) is 0.690. The van der Waals surface area contributed by atoms with Crippen LogP contribution in [0.5, 0.6) is 0 Å². The van der Waals surface area contributed by atoms with E-state index in [0.29, 0.717) is 5.69 Å². The Morgan fingerprint density at radius 1 is 1.52 bits per heavy atom. The first-order valence-corrected chi connectivity index (χ1v) is 6.85. The normalized spacial score (nSPS) is 11.8. The summed E-state index contributed by atoms with van der Waals surface area (Å²) in [7, 11) is 0.